The van der Waals surface area contributed by atoms with Crippen LogP contribution in [0.25, 0.3) is 0 Å². The average Bonchev–Trinajstić information content (AvgIpc) is 2.43. The fourth-order valence-corrected chi connectivity index (χ4v) is 2.05. The summed E-state index contributed by atoms with van der Waals surface area (Å²) in [6, 6.07) is 0. The van der Waals surface area contributed by atoms with Gasteiger partial charge in [0.1, 0.15) is 0 Å². The maximum Gasteiger partial charge on any atom is 0.303 e. The lowest BCUT2D eigenvalue weighted by Crippen LogP contribution is -1.99. The van der Waals surface area contributed by atoms with Crippen molar-refractivity contribution in [2.24, 2.45) is 0 Å². The highest BCUT2D eigenvalue weighted by Crippen LogP contribution is 2.21. The van der Waals surface area contributed by atoms with E-state index in [1.54, 1.807) is 0 Å². The monoisotopic (exact) mass is 198 g/mol. The van der Waals surface area contributed by atoms with E-state index >= 15 is 0 Å². The first-order chi connectivity index (χ1) is 6.15. The number of thiophene rings is 1. The Bertz CT molecular complexity index is 328. The van der Waals surface area contributed by atoms with E-state index in [4.69, 9.17) is 5.11 Å². The fourth-order valence-electron chi connectivity index (χ4n) is 1.14. The van der Waals surface area contributed by atoms with Gasteiger partial charge in [-0.2, -0.15) is 0 Å². The van der Waals surface area contributed by atoms with Crippen molar-refractivity contribution < 1.29 is 14.7 Å². The van der Waals surface area contributed by atoms with Gasteiger partial charge in [0, 0.05) is 6.42 Å². The lowest BCUT2D eigenvalue weighted by molar-refractivity contribution is -0.136. The van der Waals surface area contributed by atoms with Crippen molar-refractivity contribution in [3.8, 4) is 0 Å². The molecule has 0 radical (unpaired) electrons. The minimum Gasteiger partial charge on any atom is -0.481 e. The van der Waals surface area contributed by atoms with Gasteiger partial charge in [0.05, 0.1) is 4.88 Å². The largest absolute Gasteiger partial charge is 0.481 e. The summed E-state index contributed by atoms with van der Waals surface area (Å²) < 4.78 is 0. The van der Waals surface area contributed by atoms with Crippen molar-refractivity contribution in [2.75, 3.05) is 0 Å². The molecule has 70 valence electrons. The average molecular weight is 198 g/mol. The van der Waals surface area contributed by atoms with Crippen LogP contribution in [0.4, 0.5) is 0 Å². The van der Waals surface area contributed by atoms with E-state index in [1.807, 2.05) is 12.3 Å². The van der Waals surface area contributed by atoms with E-state index < -0.39 is 5.97 Å². The van der Waals surface area contributed by atoms with Gasteiger partial charge in [0.15, 0.2) is 6.29 Å². The van der Waals surface area contributed by atoms with Crippen molar-refractivity contribution >= 4 is 23.6 Å². The molecule has 1 heterocycles. The van der Waals surface area contributed by atoms with Crippen LogP contribution in [-0.4, -0.2) is 17.4 Å². The first-order valence-electron chi connectivity index (χ1n) is 3.89. The molecule has 4 heteroatoms. The molecular weight excluding hydrogens is 188 g/mol. The van der Waals surface area contributed by atoms with E-state index in [0.717, 1.165) is 17.4 Å². The Labute approximate surface area is 80.0 Å². The molecule has 1 rings (SSSR count). The highest BCUT2D eigenvalue weighted by molar-refractivity contribution is 7.12. The van der Waals surface area contributed by atoms with Crippen molar-refractivity contribution in [3.63, 3.8) is 0 Å². The van der Waals surface area contributed by atoms with Gasteiger partial charge in [-0.3, -0.25) is 9.59 Å². The second kappa shape index (κ2) is 4.18. The summed E-state index contributed by atoms with van der Waals surface area (Å²) in [5.41, 5.74) is 1.88. The molecule has 1 N–H and O–H groups in total. The second-order valence-corrected chi connectivity index (χ2v) is 3.68. The molecule has 0 aliphatic carbocycles. The highest BCUT2D eigenvalue weighted by Gasteiger charge is 2.09. The van der Waals surface area contributed by atoms with Gasteiger partial charge in [0.25, 0.3) is 0 Å². The molecule has 0 saturated carbocycles. The Morgan fingerprint density at radius 3 is 2.92 bits per heavy atom. The molecule has 1 aromatic heterocycles. The zero-order valence-corrected chi connectivity index (χ0v) is 8.06. The van der Waals surface area contributed by atoms with Crippen LogP contribution in [0.3, 0.4) is 0 Å². The second-order valence-electron chi connectivity index (χ2n) is 2.77. The van der Waals surface area contributed by atoms with Crippen LogP contribution < -0.4 is 0 Å². The number of aliphatic carboxylic acids is 1. The molecular formula is C9H10O3S. The summed E-state index contributed by atoms with van der Waals surface area (Å²) in [5, 5.41) is 10.4. The van der Waals surface area contributed by atoms with Crippen molar-refractivity contribution in [1.29, 1.82) is 0 Å². The van der Waals surface area contributed by atoms with E-state index in [0.29, 0.717) is 11.3 Å². The summed E-state index contributed by atoms with van der Waals surface area (Å²) in [5.74, 6) is -0.831. The molecule has 0 fully saturated rings. The lowest BCUT2D eigenvalue weighted by Gasteiger charge is -1.97. The van der Waals surface area contributed by atoms with Gasteiger partial charge in [-0.25, -0.2) is 0 Å². The van der Waals surface area contributed by atoms with Crippen LogP contribution in [0.2, 0.25) is 0 Å². The zero-order chi connectivity index (χ0) is 9.84. The molecule has 0 saturated heterocycles. The quantitative estimate of drug-likeness (QED) is 0.751. The van der Waals surface area contributed by atoms with Gasteiger partial charge >= 0.3 is 5.97 Å². The van der Waals surface area contributed by atoms with Gasteiger partial charge < -0.3 is 5.11 Å². The Morgan fingerprint density at radius 1 is 1.69 bits per heavy atom. The number of carboxylic acid groups (broad SMARTS) is 1. The minimum absolute atomic E-state index is 0.0818. The number of aldehydes is 1. The van der Waals surface area contributed by atoms with Gasteiger partial charge in [-0.1, -0.05) is 0 Å². The molecule has 0 aliphatic rings. The van der Waals surface area contributed by atoms with Crippen molar-refractivity contribution in [1.82, 2.24) is 0 Å². The topological polar surface area (TPSA) is 54.4 Å². The normalized spacial score (nSPS) is 9.92. The molecule has 0 atom stereocenters. The summed E-state index contributed by atoms with van der Waals surface area (Å²) in [6.45, 7) is 1.89. The summed E-state index contributed by atoms with van der Waals surface area (Å²) in [4.78, 5) is 21.5. The van der Waals surface area contributed by atoms with E-state index in [-0.39, 0.29) is 6.42 Å². The smallest absolute Gasteiger partial charge is 0.303 e. The predicted octanol–water partition coefficient (Wildman–Crippen LogP) is 1.89. The highest BCUT2D eigenvalue weighted by atomic mass is 32.1. The van der Waals surface area contributed by atoms with Crippen LogP contribution in [0.15, 0.2) is 5.38 Å². The van der Waals surface area contributed by atoms with Gasteiger partial charge in [-0.05, 0) is 29.9 Å². The van der Waals surface area contributed by atoms with E-state index in [1.165, 1.54) is 11.3 Å². The number of carbonyl (C=O) groups excluding carboxylic acids is 1. The maximum atomic E-state index is 10.5. The van der Waals surface area contributed by atoms with E-state index in [2.05, 4.69) is 0 Å². The summed E-state index contributed by atoms with van der Waals surface area (Å²) in [7, 11) is 0. The molecule has 3 nitrogen and oxygen atoms in total. The molecule has 1 aromatic rings. The summed E-state index contributed by atoms with van der Waals surface area (Å²) in [6.07, 6.45) is 1.31. The van der Waals surface area contributed by atoms with Crippen LogP contribution >= 0.6 is 11.3 Å². The Morgan fingerprint density at radius 2 is 2.38 bits per heavy atom. The van der Waals surface area contributed by atoms with Crippen molar-refractivity contribution in [2.45, 2.75) is 19.8 Å². The molecule has 13 heavy (non-hydrogen) atoms. The Kier molecular flexibility index (Phi) is 3.19. The number of aryl methyl sites for hydroxylation is 1. The first kappa shape index (κ1) is 9.92. The van der Waals surface area contributed by atoms with Crippen LogP contribution in [-0.2, 0) is 11.2 Å². The molecule has 0 spiro atoms. The number of hydrogen-bond donors (Lipinski definition) is 1. The lowest BCUT2D eigenvalue weighted by atomic mass is 10.1. The third-order valence-electron chi connectivity index (χ3n) is 1.83. The molecule has 0 bridgehead atoms. The Hall–Kier alpha value is -1.16. The molecule has 0 amide bonds. The Balaban J connectivity index is 2.79. The minimum atomic E-state index is -0.831. The zero-order valence-electron chi connectivity index (χ0n) is 7.24. The van der Waals surface area contributed by atoms with Crippen LogP contribution in [0.1, 0.15) is 27.2 Å². The SMILES string of the molecule is Cc1csc(C=O)c1CCC(=O)O. The third-order valence-corrected chi connectivity index (χ3v) is 2.90. The first-order valence-corrected chi connectivity index (χ1v) is 4.77. The maximum absolute atomic E-state index is 10.5. The summed E-state index contributed by atoms with van der Waals surface area (Å²) >= 11 is 1.37. The number of carboxylic acids is 1. The van der Waals surface area contributed by atoms with Gasteiger partial charge in [0.2, 0.25) is 0 Å². The van der Waals surface area contributed by atoms with Crippen LogP contribution in [0.5, 0.6) is 0 Å². The number of hydrogen-bond acceptors (Lipinski definition) is 3. The molecule has 0 aromatic carbocycles. The van der Waals surface area contributed by atoms with Gasteiger partial charge in [-0.15, -0.1) is 11.3 Å². The fraction of sp³-hybridized carbons (Fsp3) is 0.333. The van der Waals surface area contributed by atoms with Crippen LogP contribution in [0, 0.1) is 6.92 Å². The third kappa shape index (κ3) is 2.39. The van der Waals surface area contributed by atoms with E-state index in [9.17, 15) is 9.59 Å². The molecule has 0 unspecified atom stereocenters. The van der Waals surface area contributed by atoms with Crippen molar-refractivity contribution in [3.05, 3.63) is 21.4 Å². The molecule has 0 aliphatic heterocycles. The number of rotatable bonds is 4. The number of carbonyl (C=O) groups is 2. The standard InChI is InChI=1S/C9H10O3S/c1-6-5-13-8(4-10)7(6)2-3-9(11)12/h4-5H,2-3H2,1H3,(H,11,12). The predicted molar refractivity (Wildman–Crippen MR) is 50.4 cm³/mol.